The van der Waals surface area contributed by atoms with Crippen molar-refractivity contribution >= 4 is 12.4 Å². The molecule has 2 saturated carbocycles. The predicted octanol–water partition coefficient (Wildman–Crippen LogP) is 3.06. The van der Waals surface area contributed by atoms with Crippen molar-refractivity contribution in [2.24, 2.45) is 11.8 Å². The lowest BCUT2D eigenvalue weighted by molar-refractivity contribution is -0.150. The lowest BCUT2D eigenvalue weighted by Gasteiger charge is -2.33. The zero-order chi connectivity index (χ0) is 21.6. The van der Waals surface area contributed by atoms with Gasteiger partial charge in [0.15, 0.2) is 0 Å². The highest BCUT2D eigenvalue weighted by Gasteiger charge is 2.48. The number of nitrogens with zero attached hydrogens (tertiary/aromatic N) is 1. The Labute approximate surface area is 175 Å². The summed E-state index contributed by atoms with van der Waals surface area (Å²) in [6.07, 6.45) is 8.80. The first-order valence-corrected chi connectivity index (χ1v) is 10.8. The number of aryl methyl sites for hydroxylation is 1. The number of carbonyl (C=O) groups is 2. The average Bonchev–Trinajstić information content (AvgIpc) is 3.12. The smallest absolute Gasteiger partial charge is 0.290 e. The van der Waals surface area contributed by atoms with E-state index in [9.17, 15) is 13.6 Å². The van der Waals surface area contributed by atoms with E-state index in [0.29, 0.717) is 6.04 Å². The maximum absolute atomic E-state index is 12.9. The predicted molar refractivity (Wildman–Crippen MR) is 105 cm³/mol. The molecule has 4 rings (SSSR count). The van der Waals surface area contributed by atoms with Gasteiger partial charge in [-0.2, -0.15) is 0 Å². The third-order valence-corrected chi connectivity index (χ3v) is 6.43. The quantitative estimate of drug-likeness (QED) is 0.603. The van der Waals surface area contributed by atoms with Gasteiger partial charge in [0.2, 0.25) is 11.8 Å². The summed E-state index contributed by atoms with van der Waals surface area (Å²) < 4.78 is 31.3. The third-order valence-electron chi connectivity index (χ3n) is 6.43. The number of carboxylic acid groups (broad SMARTS) is 1. The van der Waals surface area contributed by atoms with E-state index in [2.05, 4.69) is 15.8 Å². The standard InChI is InChI=1S/C20H29F2N3O2.CH2O2/c21-20(22)9-14(10-20)19(26)24-12-17-16-8-15(6-7-18(16)27-25-17)23-11-13-4-2-1-3-5-13;2-1-3/h13-15,23H,1-12H2,(H,24,26);1H,(H,2,3). The Morgan fingerprint density at radius 3 is 2.60 bits per heavy atom. The largest absolute Gasteiger partial charge is 0.483 e. The van der Waals surface area contributed by atoms with Crippen molar-refractivity contribution in [2.45, 2.75) is 82.7 Å². The van der Waals surface area contributed by atoms with Crippen LogP contribution in [0.25, 0.3) is 0 Å². The molecule has 1 aromatic rings. The molecule has 0 spiro atoms. The molecule has 9 heteroatoms. The molecule has 168 valence electrons. The van der Waals surface area contributed by atoms with Gasteiger partial charge < -0.3 is 20.3 Å². The van der Waals surface area contributed by atoms with Crippen molar-refractivity contribution in [2.75, 3.05) is 6.54 Å². The summed E-state index contributed by atoms with van der Waals surface area (Å²) >= 11 is 0. The monoisotopic (exact) mass is 427 g/mol. The summed E-state index contributed by atoms with van der Waals surface area (Å²) in [5.74, 6) is -1.85. The van der Waals surface area contributed by atoms with Crippen LogP contribution in [-0.4, -0.2) is 41.2 Å². The molecule has 0 saturated heterocycles. The number of rotatable bonds is 6. The zero-order valence-electron chi connectivity index (χ0n) is 17.2. The van der Waals surface area contributed by atoms with E-state index in [4.69, 9.17) is 14.4 Å². The first-order valence-electron chi connectivity index (χ1n) is 10.8. The molecule has 1 heterocycles. The molecular weight excluding hydrogens is 396 g/mol. The molecule has 30 heavy (non-hydrogen) atoms. The lowest BCUT2D eigenvalue weighted by Crippen LogP contribution is -2.45. The maximum Gasteiger partial charge on any atom is 0.290 e. The fourth-order valence-corrected chi connectivity index (χ4v) is 4.66. The second-order valence-electron chi connectivity index (χ2n) is 8.67. The van der Waals surface area contributed by atoms with Gasteiger partial charge in [-0.05, 0) is 38.1 Å². The van der Waals surface area contributed by atoms with Gasteiger partial charge in [-0.1, -0.05) is 24.4 Å². The Morgan fingerprint density at radius 2 is 1.93 bits per heavy atom. The highest BCUT2D eigenvalue weighted by atomic mass is 19.3. The Kier molecular flexibility index (Phi) is 7.80. The number of halogens is 2. The number of carbonyl (C=O) groups excluding carboxylic acids is 1. The fourth-order valence-electron chi connectivity index (χ4n) is 4.66. The first-order chi connectivity index (χ1) is 14.4. The minimum atomic E-state index is -2.67. The molecule has 1 atom stereocenters. The normalized spacial score (nSPS) is 23.5. The minimum Gasteiger partial charge on any atom is -0.483 e. The minimum absolute atomic E-state index is 0.250. The van der Waals surface area contributed by atoms with Crippen molar-refractivity contribution in [1.29, 1.82) is 0 Å². The second-order valence-corrected chi connectivity index (χ2v) is 8.67. The van der Waals surface area contributed by atoms with Crippen molar-refractivity contribution in [3.63, 3.8) is 0 Å². The molecular formula is C21H31F2N3O4. The highest BCUT2D eigenvalue weighted by Crippen LogP contribution is 2.42. The van der Waals surface area contributed by atoms with Crippen LogP contribution in [0, 0.1) is 11.8 Å². The van der Waals surface area contributed by atoms with Crippen LogP contribution in [0.15, 0.2) is 4.52 Å². The number of fused-ring (bicyclic) bond motifs is 1. The van der Waals surface area contributed by atoms with Crippen LogP contribution in [-0.2, 0) is 29.0 Å². The molecule has 1 aromatic heterocycles. The zero-order valence-corrected chi connectivity index (χ0v) is 17.2. The fraction of sp³-hybridized carbons (Fsp3) is 0.762. The van der Waals surface area contributed by atoms with Crippen LogP contribution < -0.4 is 10.6 Å². The second kappa shape index (κ2) is 10.3. The Balaban J connectivity index is 0.000000806. The van der Waals surface area contributed by atoms with Crippen LogP contribution in [0.4, 0.5) is 8.78 Å². The van der Waals surface area contributed by atoms with Crippen LogP contribution in [0.1, 0.15) is 68.4 Å². The van der Waals surface area contributed by atoms with Crippen molar-refractivity contribution in [3.05, 3.63) is 17.0 Å². The lowest BCUT2D eigenvalue weighted by atomic mass is 9.81. The van der Waals surface area contributed by atoms with Crippen molar-refractivity contribution in [1.82, 2.24) is 15.8 Å². The van der Waals surface area contributed by atoms with E-state index in [1.165, 1.54) is 32.1 Å². The van der Waals surface area contributed by atoms with E-state index in [1.54, 1.807) is 0 Å². The van der Waals surface area contributed by atoms with E-state index >= 15 is 0 Å². The number of alkyl halides is 2. The molecule has 0 bridgehead atoms. The van der Waals surface area contributed by atoms with Gasteiger partial charge in [0.25, 0.3) is 6.47 Å². The number of hydrogen-bond donors (Lipinski definition) is 3. The Hall–Kier alpha value is -2.03. The Bertz CT molecular complexity index is 711. The summed E-state index contributed by atoms with van der Waals surface area (Å²) in [6.45, 7) is 1.09. The number of hydrogen-bond acceptors (Lipinski definition) is 5. The molecule has 3 N–H and O–H groups in total. The van der Waals surface area contributed by atoms with E-state index in [-0.39, 0.29) is 31.8 Å². The van der Waals surface area contributed by atoms with Crippen LogP contribution in [0.2, 0.25) is 0 Å². The topological polar surface area (TPSA) is 104 Å². The highest BCUT2D eigenvalue weighted by molar-refractivity contribution is 5.79. The van der Waals surface area contributed by atoms with Crippen LogP contribution >= 0.6 is 0 Å². The summed E-state index contributed by atoms with van der Waals surface area (Å²) in [7, 11) is 0. The maximum atomic E-state index is 12.9. The average molecular weight is 427 g/mol. The number of nitrogens with one attached hydrogen (secondary N) is 2. The molecule has 1 amide bonds. The SMILES string of the molecule is O=C(NCc1noc2c1CC(NCC1CCCCC1)CC2)C1CC(F)(F)C1.O=CO. The van der Waals surface area contributed by atoms with E-state index in [0.717, 1.165) is 48.7 Å². The van der Waals surface area contributed by atoms with Gasteiger partial charge in [-0.3, -0.25) is 9.59 Å². The van der Waals surface area contributed by atoms with Gasteiger partial charge in [0, 0.05) is 36.8 Å². The molecule has 0 aliphatic heterocycles. The van der Waals surface area contributed by atoms with Crippen LogP contribution in [0.5, 0.6) is 0 Å². The van der Waals surface area contributed by atoms with Gasteiger partial charge in [-0.25, -0.2) is 8.78 Å². The van der Waals surface area contributed by atoms with Crippen molar-refractivity contribution in [3.8, 4) is 0 Å². The summed E-state index contributed by atoms with van der Waals surface area (Å²) in [5.41, 5.74) is 1.83. The van der Waals surface area contributed by atoms with Gasteiger partial charge in [0.1, 0.15) is 11.5 Å². The summed E-state index contributed by atoms with van der Waals surface area (Å²) in [4.78, 5) is 20.4. The van der Waals surface area contributed by atoms with Gasteiger partial charge in [-0.15, -0.1) is 0 Å². The number of amides is 1. The van der Waals surface area contributed by atoms with Gasteiger partial charge in [0.05, 0.1) is 6.54 Å². The Morgan fingerprint density at radius 1 is 1.23 bits per heavy atom. The summed E-state index contributed by atoms with van der Waals surface area (Å²) in [6, 6.07) is 0.415. The summed E-state index contributed by atoms with van der Waals surface area (Å²) in [5, 5.41) is 17.5. The molecule has 7 nitrogen and oxygen atoms in total. The van der Waals surface area contributed by atoms with Gasteiger partial charge >= 0.3 is 0 Å². The van der Waals surface area contributed by atoms with Crippen LogP contribution in [0.3, 0.4) is 0 Å². The van der Waals surface area contributed by atoms with Crippen molar-refractivity contribution < 1.29 is 28.0 Å². The van der Waals surface area contributed by atoms with E-state index in [1.807, 2.05) is 0 Å². The molecule has 1 unspecified atom stereocenters. The molecule has 2 fully saturated rings. The molecule has 0 aromatic carbocycles. The number of aromatic nitrogens is 1. The molecule has 3 aliphatic carbocycles. The molecule has 0 radical (unpaired) electrons. The third kappa shape index (κ3) is 6.00. The molecule has 3 aliphatic rings. The first kappa shape index (κ1) is 22.7. The van der Waals surface area contributed by atoms with E-state index < -0.39 is 11.8 Å².